The van der Waals surface area contributed by atoms with Gasteiger partial charge >= 0.3 is 5.97 Å². The molecule has 0 bridgehead atoms. The molecule has 24 heavy (non-hydrogen) atoms. The Morgan fingerprint density at radius 2 is 1.88 bits per heavy atom. The highest BCUT2D eigenvalue weighted by atomic mass is 16.5. The van der Waals surface area contributed by atoms with Gasteiger partial charge in [0.05, 0.1) is 18.4 Å². The molecule has 132 valence electrons. The van der Waals surface area contributed by atoms with Crippen LogP contribution in [0.3, 0.4) is 0 Å². The van der Waals surface area contributed by atoms with Crippen molar-refractivity contribution in [3.05, 3.63) is 29.8 Å². The molecule has 0 aromatic heterocycles. The maximum absolute atomic E-state index is 12.0. The number of benzene rings is 1. The molecule has 0 atom stereocenters. The lowest BCUT2D eigenvalue weighted by molar-refractivity contribution is -0.121. The fourth-order valence-electron chi connectivity index (χ4n) is 2.34. The second-order valence-corrected chi connectivity index (χ2v) is 5.49. The predicted molar refractivity (Wildman–Crippen MR) is 93.0 cm³/mol. The van der Waals surface area contributed by atoms with Crippen LogP contribution in [0.2, 0.25) is 0 Å². The number of nitrogens with zero attached hydrogens (tertiary/aromatic N) is 1. The number of hydrogen-bond donors (Lipinski definition) is 1. The van der Waals surface area contributed by atoms with Crippen molar-refractivity contribution in [2.24, 2.45) is 0 Å². The lowest BCUT2D eigenvalue weighted by atomic mass is 10.1. The molecule has 1 N–H and O–H groups in total. The average molecular weight is 334 g/mol. The SMILES string of the molecule is CCCCCNC(=O)CCN(C(C)=O)c1ccccc1C(=O)OC. The third kappa shape index (κ3) is 6.02. The van der Waals surface area contributed by atoms with Crippen LogP contribution in [0.1, 0.15) is 49.9 Å². The molecule has 6 heteroatoms. The van der Waals surface area contributed by atoms with Crippen molar-refractivity contribution in [2.75, 3.05) is 25.1 Å². The molecule has 1 rings (SSSR count). The van der Waals surface area contributed by atoms with Gasteiger partial charge in [0.1, 0.15) is 0 Å². The van der Waals surface area contributed by atoms with E-state index in [1.54, 1.807) is 24.3 Å². The maximum Gasteiger partial charge on any atom is 0.339 e. The molecule has 0 aliphatic heterocycles. The summed E-state index contributed by atoms with van der Waals surface area (Å²) >= 11 is 0. The van der Waals surface area contributed by atoms with Crippen LogP contribution in [-0.2, 0) is 14.3 Å². The summed E-state index contributed by atoms with van der Waals surface area (Å²) in [4.78, 5) is 37.2. The second-order valence-electron chi connectivity index (χ2n) is 5.49. The Kier molecular flexibility index (Phi) is 8.54. The minimum Gasteiger partial charge on any atom is -0.465 e. The van der Waals surface area contributed by atoms with Crippen LogP contribution < -0.4 is 10.2 Å². The van der Waals surface area contributed by atoms with Crippen molar-refractivity contribution >= 4 is 23.5 Å². The molecule has 0 unspecified atom stereocenters. The molecule has 6 nitrogen and oxygen atoms in total. The molecule has 0 heterocycles. The van der Waals surface area contributed by atoms with Crippen molar-refractivity contribution in [1.82, 2.24) is 5.32 Å². The molecule has 0 saturated carbocycles. The van der Waals surface area contributed by atoms with E-state index in [1.807, 2.05) is 0 Å². The number of carbonyl (C=O) groups is 3. The van der Waals surface area contributed by atoms with Gasteiger partial charge in [-0.15, -0.1) is 0 Å². The van der Waals surface area contributed by atoms with Crippen molar-refractivity contribution in [2.45, 2.75) is 39.5 Å². The highest BCUT2D eigenvalue weighted by Crippen LogP contribution is 2.21. The maximum atomic E-state index is 12.0. The van der Waals surface area contributed by atoms with E-state index < -0.39 is 5.97 Å². The summed E-state index contributed by atoms with van der Waals surface area (Å²) in [5.41, 5.74) is 0.759. The number of carbonyl (C=O) groups excluding carboxylic acids is 3. The number of nitrogens with one attached hydrogen (secondary N) is 1. The van der Waals surface area contributed by atoms with Gasteiger partial charge in [0.25, 0.3) is 0 Å². The van der Waals surface area contributed by atoms with Crippen molar-refractivity contribution in [3.63, 3.8) is 0 Å². The number of unbranched alkanes of at least 4 members (excludes halogenated alkanes) is 2. The number of methoxy groups -OCH3 is 1. The van der Waals surface area contributed by atoms with E-state index in [2.05, 4.69) is 12.2 Å². The first-order chi connectivity index (χ1) is 11.5. The molecular formula is C18H26N2O4. The standard InChI is InChI=1S/C18H26N2O4/c1-4-5-8-12-19-17(22)11-13-20(14(2)21)16-10-7-6-9-15(16)18(23)24-3/h6-7,9-10H,4-5,8,11-13H2,1-3H3,(H,19,22). The predicted octanol–water partition coefficient (Wildman–Crippen LogP) is 2.52. The number of amides is 2. The van der Waals surface area contributed by atoms with Crippen LogP contribution >= 0.6 is 0 Å². The minimum absolute atomic E-state index is 0.104. The second kappa shape index (κ2) is 10.4. The number of rotatable bonds is 9. The van der Waals surface area contributed by atoms with E-state index in [0.29, 0.717) is 17.8 Å². The van der Waals surface area contributed by atoms with Gasteiger partial charge in [-0.1, -0.05) is 31.9 Å². The third-order valence-electron chi connectivity index (χ3n) is 3.65. The van der Waals surface area contributed by atoms with Crippen LogP contribution in [0, 0.1) is 0 Å². The highest BCUT2D eigenvalue weighted by molar-refractivity contribution is 6.02. The Morgan fingerprint density at radius 3 is 2.50 bits per heavy atom. The zero-order valence-corrected chi connectivity index (χ0v) is 14.6. The van der Waals surface area contributed by atoms with Crippen molar-refractivity contribution in [1.29, 1.82) is 0 Å². The topological polar surface area (TPSA) is 75.7 Å². The quantitative estimate of drug-likeness (QED) is 0.556. The number of ether oxygens (including phenoxy) is 1. The minimum atomic E-state index is -0.513. The number of esters is 1. The van der Waals surface area contributed by atoms with Crippen molar-refractivity contribution < 1.29 is 19.1 Å². The normalized spacial score (nSPS) is 10.1. The molecule has 0 aliphatic rings. The molecule has 0 radical (unpaired) electrons. The smallest absolute Gasteiger partial charge is 0.339 e. The molecule has 0 fully saturated rings. The first-order valence-corrected chi connectivity index (χ1v) is 8.23. The molecule has 0 saturated heterocycles. The monoisotopic (exact) mass is 334 g/mol. The van der Waals surface area contributed by atoms with Gasteiger partial charge in [-0.25, -0.2) is 4.79 Å². The van der Waals surface area contributed by atoms with E-state index in [0.717, 1.165) is 19.3 Å². The Labute approximate surface area is 143 Å². The number of para-hydroxylation sites is 1. The molecular weight excluding hydrogens is 308 g/mol. The van der Waals surface area contributed by atoms with Crippen LogP contribution in [0.5, 0.6) is 0 Å². The first-order valence-electron chi connectivity index (χ1n) is 8.23. The lowest BCUT2D eigenvalue weighted by Gasteiger charge is -2.23. The van der Waals surface area contributed by atoms with E-state index >= 15 is 0 Å². The summed E-state index contributed by atoms with van der Waals surface area (Å²) in [5, 5.41) is 2.84. The summed E-state index contributed by atoms with van der Waals surface area (Å²) in [6.45, 7) is 4.37. The van der Waals surface area contributed by atoms with Crippen molar-refractivity contribution in [3.8, 4) is 0 Å². The third-order valence-corrected chi connectivity index (χ3v) is 3.65. The van der Waals surface area contributed by atoms with Gasteiger partial charge in [0.2, 0.25) is 11.8 Å². The average Bonchev–Trinajstić information content (AvgIpc) is 2.58. The van der Waals surface area contributed by atoms with Crippen LogP contribution in [-0.4, -0.2) is 38.0 Å². The van der Waals surface area contributed by atoms with E-state index in [9.17, 15) is 14.4 Å². The van der Waals surface area contributed by atoms with Crippen LogP contribution in [0.25, 0.3) is 0 Å². The fraction of sp³-hybridized carbons (Fsp3) is 0.500. The Hall–Kier alpha value is -2.37. The number of anilines is 1. The van der Waals surface area contributed by atoms with E-state index in [-0.39, 0.29) is 24.8 Å². The van der Waals surface area contributed by atoms with Gasteiger partial charge in [-0.2, -0.15) is 0 Å². The number of hydrogen-bond acceptors (Lipinski definition) is 4. The largest absolute Gasteiger partial charge is 0.465 e. The fourth-order valence-corrected chi connectivity index (χ4v) is 2.34. The highest BCUT2D eigenvalue weighted by Gasteiger charge is 2.20. The van der Waals surface area contributed by atoms with Gasteiger partial charge in [-0.05, 0) is 18.6 Å². The molecule has 1 aromatic carbocycles. The van der Waals surface area contributed by atoms with Gasteiger partial charge in [-0.3, -0.25) is 9.59 Å². The van der Waals surface area contributed by atoms with E-state index in [4.69, 9.17) is 4.74 Å². The van der Waals surface area contributed by atoms with Crippen LogP contribution in [0.4, 0.5) is 5.69 Å². The lowest BCUT2D eigenvalue weighted by Crippen LogP contribution is -2.35. The zero-order valence-electron chi connectivity index (χ0n) is 14.6. The molecule has 0 spiro atoms. The molecule has 2 amide bonds. The summed E-state index contributed by atoms with van der Waals surface area (Å²) in [6, 6.07) is 6.71. The van der Waals surface area contributed by atoms with Crippen LogP contribution in [0.15, 0.2) is 24.3 Å². The Bertz CT molecular complexity index is 572. The zero-order chi connectivity index (χ0) is 17.9. The molecule has 0 aliphatic carbocycles. The van der Waals surface area contributed by atoms with E-state index in [1.165, 1.54) is 18.9 Å². The summed E-state index contributed by atoms with van der Waals surface area (Å²) < 4.78 is 4.75. The summed E-state index contributed by atoms with van der Waals surface area (Å²) in [5.74, 6) is -0.848. The summed E-state index contributed by atoms with van der Waals surface area (Å²) in [6.07, 6.45) is 3.30. The summed E-state index contributed by atoms with van der Waals surface area (Å²) in [7, 11) is 1.29. The van der Waals surface area contributed by atoms with Gasteiger partial charge < -0.3 is 15.0 Å². The van der Waals surface area contributed by atoms with Gasteiger partial charge in [0, 0.05) is 26.4 Å². The van der Waals surface area contributed by atoms with Gasteiger partial charge in [0.15, 0.2) is 0 Å². The first kappa shape index (κ1) is 19.7. The Morgan fingerprint density at radius 1 is 1.17 bits per heavy atom. The Balaban J connectivity index is 2.74. The molecule has 1 aromatic rings.